The van der Waals surface area contributed by atoms with Crippen LogP contribution in [-0.4, -0.2) is 36.6 Å². The number of halogens is 1. The Kier molecular flexibility index (Phi) is 7.68. The molecule has 198 valence electrons. The first-order valence-corrected chi connectivity index (χ1v) is 13.4. The summed E-state index contributed by atoms with van der Waals surface area (Å²) >= 11 is 0. The molecular weight excluding hydrogens is 509 g/mol. The largest absolute Gasteiger partial charge is 0.489 e. The topological polar surface area (TPSA) is 106 Å². The van der Waals surface area contributed by atoms with Crippen molar-refractivity contribution in [3.63, 3.8) is 0 Å². The number of hydrogen-bond acceptors (Lipinski definition) is 5. The minimum atomic E-state index is -3.94. The van der Waals surface area contributed by atoms with E-state index in [2.05, 4.69) is 4.40 Å². The van der Waals surface area contributed by atoms with Crippen LogP contribution in [0.4, 0.5) is 4.39 Å². The smallest absolute Gasteiger partial charge is 0.307 e. The van der Waals surface area contributed by atoms with Gasteiger partial charge < -0.3 is 14.3 Å². The van der Waals surface area contributed by atoms with Gasteiger partial charge in [0.15, 0.2) is 0 Å². The fourth-order valence-corrected chi connectivity index (χ4v) is 4.58. The Morgan fingerprint density at radius 3 is 2.53 bits per heavy atom. The molecule has 1 heterocycles. The number of carboxylic acid groups (broad SMARTS) is 1. The van der Waals surface area contributed by atoms with Gasteiger partial charge in [0.2, 0.25) is 0 Å². The van der Waals surface area contributed by atoms with Gasteiger partial charge in [-0.1, -0.05) is 36.4 Å². The van der Waals surface area contributed by atoms with Gasteiger partial charge >= 0.3 is 5.97 Å². The first-order valence-electron chi connectivity index (χ1n) is 11.9. The number of sulfonamides is 1. The van der Waals surface area contributed by atoms with Gasteiger partial charge in [-0.2, -0.15) is 4.40 Å². The molecule has 4 aromatic rings. The molecule has 38 heavy (non-hydrogen) atoms. The number of fused-ring (bicyclic) bond motifs is 1. The molecule has 0 saturated carbocycles. The SMILES string of the molecule is CC(C)(C)S(=O)(=O)N=C(CF)c1cccc(-c2cc(COc3ccccc3CC(=O)O)cc3ccoc23)c1. The maximum Gasteiger partial charge on any atom is 0.307 e. The number of hydrogen-bond donors (Lipinski definition) is 1. The highest BCUT2D eigenvalue weighted by Crippen LogP contribution is 2.33. The fourth-order valence-electron chi connectivity index (χ4n) is 3.86. The van der Waals surface area contributed by atoms with Crippen molar-refractivity contribution in [1.29, 1.82) is 0 Å². The molecule has 0 saturated heterocycles. The predicted octanol–water partition coefficient (Wildman–Crippen LogP) is 6.19. The minimum Gasteiger partial charge on any atom is -0.489 e. The predicted molar refractivity (Wildman–Crippen MR) is 145 cm³/mol. The van der Waals surface area contributed by atoms with Crippen molar-refractivity contribution in [2.45, 2.75) is 38.5 Å². The summed E-state index contributed by atoms with van der Waals surface area (Å²) in [6.45, 7) is 3.67. The Bertz CT molecular complexity index is 1620. The van der Waals surface area contributed by atoms with Crippen LogP contribution in [0.5, 0.6) is 5.75 Å². The quantitative estimate of drug-likeness (QED) is 0.255. The summed E-state index contributed by atoms with van der Waals surface area (Å²) in [5.41, 5.74) is 3.56. The van der Waals surface area contributed by atoms with Gasteiger partial charge in [-0.15, -0.1) is 0 Å². The number of carbonyl (C=O) groups is 1. The van der Waals surface area contributed by atoms with Crippen LogP contribution in [0.2, 0.25) is 0 Å². The molecule has 0 atom stereocenters. The number of benzene rings is 3. The summed E-state index contributed by atoms with van der Waals surface area (Å²) in [7, 11) is -3.94. The van der Waals surface area contributed by atoms with Gasteiger partial charge in [-0.25, -0.2) is 12.8 Å². The van der Waals surface area contributed by atoms with E-state index in [1.54, 1.807) is 48.7 Å². The van der Waals surface area contributed by atoms with Crippen LogP contribution in [0.15, 0.2) is 81.8 Å². The number of para-hydroxylation sites is 1. The van der Waals surface area contributed by atoms with E-state index in [0.717, 1.165) is 10.9 Å². The number of carboxylic acids is 1. The lowest BCUT2D eigenvalue weighted by molar-refractivity contribution is -0.136. The van der Waals surface area contributed by atoms with E-state index in [1.165, 1.54) is 20.8 Å². The summed E-state index contributed by atoms with van der Waals surface area (Å²) in [4.78, 5) is 11.2. The Morgan fingerprint density at radius 1 is 1.05 bits per heavy atom. The second-order valence-electron chi connectivity index (χ2n) is 9.79. The molecule has 4 rings (SSSR count). The average Bonchev–Trinajstić information content (AvgIpc) is 3.34. The van der Waals surface area contributed by atoms with E-state index in [4.69, 9.17) is 9.15 Å². The van der Waals surface area contributed by atoms with E-state index in [-0.39, 0.29) is 18.7 Å². The van der Waals surface area contributed by atoms with Crippen molar-refractivity contribution >= 4 is 32.7 Å². The summed E-state index contributed by atoms with van der Waals surface area (Å²) in [5.74, 6) is -0.468. The molecule has 0 radical (unpaired) electrons. The van der Waals surface area contributed by atoms with Crippen LogP contribution in [0.1, 0.15) is 37.5 Å². The van der Waals surface area contributed by atoms with Crippen LogP contribution in [-0.2, 0) is 27.8 Å². The lowest BCUT2D eigenvalue weighted by atomic mass is 9.98. The number of ether oxygens (including phenoxy) is 1. The van der Waals surface area contributed by atoms with E-state index >= 15 is 0 Å². The molecule has 1 aromatic heterocycles. The summed E-state index contributed by atoms with van der Waals surface area (Å²) in [5, 5.41) is 10.0. The van der Waals surface area contributed by atoms with Crippen LogP contribution in [0.3, 0.4) is 0 Å². The van der Waals surface area contributed by atoms with Crippen molar-refractivity contribution < 1.29 is 31.9 Å². The lowest BCUT2D eigenvalue weighted by Gasteiger charge is -2.16. The normalized spacial score (nSPS) is 12.6. The first kappa shape index (κ1) is 27.1. The fraction of sp³-hybridized carbons (Fsp3) is 0.241. The Morgan fingerprint density at radius 2 is 1.82 bits per heavy atom. The molecule has 0 aliphatic rings. The molecule has 0 unspecified atom stereocenters. The van der Waals surface area contributed by atoms with E-state index in [1.807, 2.05) is 24.3 Å². The maximum absolute atomic E-state index is 14.0. The van der Waals surface area contributed by atoms with Crippen LogP contribution in [0.25, 0.3) is 22.1 Å². The molecule has 0 aliphatic carbocycles. The number of alkyl halides is 1. The van der Waals surface area contributed by atoms with Crippen molar-refractivity contribution in [2.24, 2.45) is 4.40 Å². The van der Waals surface area contributed by atoms with E-state index in [9.17, 15) is 22.7 Å². The van der Waals surface area contributed by atoms with Crippen LogP contribution in [0, 0.1) is 0 Å². The standard InChI is InChI=1S/C29H28FNO6S/c1-29(2,3)38(34,35)31-25(17-30)21-9-6-8-20(15-21)24-14-19(13-23-11-12-36-28(23)24)18-37-26-10-5-4-7-22(26)16-27(32)33/h4-15H,16-18H2,1-3H3,(H,32,33). The average molecular weight is 538 g/mol. The Balaban J connectivity index is 1.71. The highest BCUT2D eigenvalue weighted by Gasteiger charge is 2.29. The van der Waals surface area contributed by atoms with Crippen LogP contribution >= 0.6 is 0 Å². The third kappa shape index (κ3) is 5.94. The Labute approximate surface area is 220 Å². The van der Waals surface area contributed by atoms with Gasteiger partial charge in [0.05, 0.1) is 23.1 Å². The second-order valence-corrected chi connectivity index (χ2v) is 12.1. The van der Waals surface area contributed by atoms with Gasteiger partial charge in [-0.05, 0) is 62.2 Å². The Hall–Kier alpha value is -3.98. The zero-order valence-electron chi connectivity index (χ0n) is 21.3. The lowest BCUT2D eigenvalue weighted by Crippen LogP contribution is -2.27. The van der Waals surface area contributed by atoms with Crippen molar-refractivity contribution in [2.75, 3.05) is 6.67 Å². The number of furan rings is 1. The highest BCUT2D eigenvalue weighted by molar-refractivity contribution is 7.91. The van der Waals surface area contributed by atoms with Gasteiger partial charge in [0.1, 0.15) is 24.6 Å². The third-order valence-electron chi connectivity index (χ3n) is 5.96. The van der Waals surface area contributed by atoms with Crippen molar-refractivity contribution in [3.05, 3.63) is 89.7 Å². The highest BCUT2D eigenvalue weighted by atomic mass is 32.2. The molecule has 0 amide bonds. The summed E-state index contributed by atoms with van der Waals surface area (Å²) < 4.78 is 53.5. The maximum atomic E-state index is 14.0. The number of nitrogens with zero attached hydrogens (tertiary/aromatic N) is 1. The molecule has 3 aromatic carbocycles. The molecule has 7 nitrogen and oxygen atoms in total. The molecular formula is C29H28FNO6S. The van der Waals surface area contributed by atoms with E-state index < -0.39 is 27.4 Å². The van der Waals surface area contributed by atoms with E-state index in [0.29, 0.717) is 33.6 Å². The second kappa shape index (κ2) is 10.8. The van der Waals surface area contributed by atoms with Crippen LogP contribution < -0.4 is 4.74 Å². The molecule has 0 aliphatic heterocycles. The number of rotatable bonds is 9. The summed E-state index contributed by atoms with van der Waals surface area (Å²) in [6, 6.07) is 19.4. The molecule has 0 fully saturated rings. The zero-order chi connectivity index (χ0) is 27.5. The van der Waals surface area contributed by atoms with Crippen molar-refractivity contribution in [1.82, 2.24) is 0 Å². The van der Waals surface area contributed by atoms with Gasteiger partial charge in [0.25, 0.3) is 10.0 Å². The first-order chi connectivity index (χ1) is 18.0. The van der Waals surface area contributed by atoms with Gasteiger partial charge in [-0.3, -0.25) is 4.79 Å². The third-order valence-corrected chi connectivity index (χ3v) is 7.97. The minimum absolute atomic E-state index is 0.154. The number of aliphatic carboxylic acids is 1. The molecule has 0 bridgehead atoms. The molecule has 1 N–H and O–H groups in total. The molecule has 9 heteroatoms. The monoisotopic (exact) mass is 537 g/mol. The molecule has 0 spiro atoms. The van der Waals surface area contributed by atoms with Crippen molar-refractivity contribution in [3.8, 4) is 16.9 Å². The zero-order valence-corrected chi connectivity index (χ0v) is 22.1. The summed E-state index contributed by atoms with van der Waals surface area (Å²) in [6.07, 6.45) is 1.41. The van der Waals surface area contributed by atoms with Gasteiger partial charge in [0, 0.05) is 22.1 Å².